The van der Waals surface area contributed by atoms with E-state index in [1.807, 2.05) is 19.9 Å². The average molecular weight is 378 g/mol. The Morgan fingerprint density at radius 1 is 1.12 bits per heavy atom. The number of halogens is 1. The van der Waals surface area contributed by atoms with E-state index in [0.29, 0.717) is 0 Å². The minimum Gasteiger partial charge on any atom is -0.353 e. The fourth-order valence-electron chi connectivity index (χ4n) is 2.35. The number of sulfonamides is 1. The summed E-state index contributed by atoms with van der Waals surface area (Å²) in [5, 5.41) is 2.77. The van der Waals surface area contributed by atoms with E-state index in [0.717, 1.165) is 28.4 Å². The molecule has 2 aromatic carbocycles. The van der Waals surface area contributed by atoms with Gasteiger partial charge in [0, 0.05) is 12.6 Å². The molecule has 5 nitrogen and oxygen atoms in total. The third-order valence-corrected chi connectivity index (χ3v) is 5.80. The maximum atomic E-state index is 13.1. The van der Waals surface area contributed by atoms with Crippen molar-refractivity contribution in [2.24, 2.45) is 0 Å². The second-order valence-corrected chi connectivity index (χ2v) is 8.03. The molecule has 0 aliphatic carbocycles. The highest BCUT2D eigenvalue weighted by Crippen LogP contribution is 2.19. The Hall–Kier alpha value is -2.25. The average Bonchev–Trinajstić information content (AvgIpc) is 2.62. The lowest BCUT2D eigenvalue weighted by atomic mass is 10.2. The molecule has 0 unspecified atom stereocenters. The number of hydrogen-bond donors (Lipinski definition) is 1. The number of hydrogen-bond acceptors (Lipinski definition) is 3. The third kappa shape index (κ3) is 5.37. The van der Waals surface area contributed by atoms with Gasteiger partial charge in [-0.2, -0.15) is 4.31 Å². The molecule has 0 bridgehead atoms. The summed E-state index contributed by atoms with van der Waals surface area (Å²) >= 11 is 0. The second kappa shape index (κ2) is 8.91. The molecule has 140 valence electrons. The first-order valence-corrected chi connectivity index (χ1v) is 9.86. The Kier molecular flexibility index (Phi) is 6.88. The molecule has 0 radical (unpaired) electrons. The van der Waals surface area contributed by atoms with E-state index in [-0.39, 0.29) is 29.9 Å². The lowest BCUT2D eigenvalue weighted by Crippen LogP contribution is -2.43. The van der Waals surface area contributed by atoms with Crippen LogP contribution < -0.4 is 5.32 Å². The number of carbonyl (C=O) groups excluding carboxylic acids is 1. The summed E-state index contributed by atoms with van der Waals surface area (Å²) in [5.41, 5.74) is 0.759. The van der Waals surface area contributed by atoms with Gasteiger partial charge in [0.1, 0.15) is 5.82 Å². The van der Waals surface area contributed by atoms with Gasteiger partial charge in [0.15, 0.2) is 0 Å². The third-order valence-electron chi connectivity index (χ3n) is 3.99. The molecule has 1 N–H and O–H groups in total. The van der Waals surface area contributed by atoms with E-state index in [4.69, 9.17) is 0 Å². The largest absolute Gasteiger partial charge is 0.353 e. The predicted molar refractivity (Wildman–Crippen MR) is 98.3 cm³/mol. The van der Waals surface area contributed by atoms with Gasteiger partial charge in [-0.1, -0.05) is 37.3 Å². The Morgan fingerprint density at radius 2 is 1.73 bits per heavy atom. The van der Waals surface area contributed by atoms with E-state index < -0.39 is 15.8 Å². The zero-order valence-electron chi connectivity index (χ0n) is 14.9. The van der Waals surface area contributed by atoms with Crippen LogP contribution in [0.25, 0.3) is 0 Å². The summed E-state index contributed by atoms with van der Waals surface area (Å²) in [6, 6.07) is 13.6. The summed E-state index contributed by atoms with van der Waals surface area (Å²) < 4.78 is 40.2. The first kappa shape index (κ1) is 20.1. The van der Waals surface area contributed by atoms with Crippen LogP contribution in [0.15, 0.2) is 59.5 Å². The molecule has 0 saturated heterocycles. The van der Waals surface area contributed by atoms with Gasteiger partial charge in [0.05, 0.1) is 11.4 Å². The van der Waals surface area contributed by atoms with Gasteiger partial charge < -0.3 is 5.32 Å². The summed E-state index contributed by atoms with van der Waals surface area (Å²) in [6.45, 7) is 3.53. The van der Waals surface area contributed by atoms with Crippen molar-refractivity contribution in [2.75, 3.05) is 6.54 Å². The van der Waals surface area contributed by atoms with Gasteiger partial charge in [-0.05, 0) is 43.2 Å². The molecule has 0 heterocycles. The molecular weight excluding hydrogens is 355 g/mol. The van der Waals surface area contributed by atoms with Crippen molar-refractivity contribution in [3.8, 4) is 0 Å². The fourth-order valence-corrected chi connectivity index (χ4v) is 3.74. The minimum atomic E-state index is -3.95. The van der Waals surface area contributed by atoms with Crippen LogP contribution in [0, 0.1) is 5.82 Å². The first-order valence-electron chi connectivity index (χ1n) is 8.42. The molecule has 0 spiro atoms. The van der Waals surface area contributed by atoms with Crippen LogP contribution >= 0.6 is 0 Å². The Bertz CT molecular complexity index is 824. The van der Waals surface area contributed by atoms with E-state index >= 15 is 0 Å². The molecule has 26 heavy (non-hydrogen) atoms. The minimum absolute atomic E-state index is 0.0467. The van der Waals surface area contributed by atoms with E-state index in [9.17, 15) is 17.6 Å². The molecule has 2 rings (SSSR count). The number of carbonyl (C=O) groups is 1. The van der Waals surface area contributed by atoms with Crippen molar-refractivity contribution in [1.82, 2.24) is 9.62 Å². The topological polar surface area (TPSA) is 66.5 Å². The number of benzene rings is 2. The lowest BCUT2D eigenvalue weighted by molar-refractivity contribution is -0.122. The maximum absolute atomic E-state index is 13.1. The van der Waals surface area contributed by atoms with Gasteiger partial charge in [-0.15, -0.1) is 0 Å². The summed E-state index contributed by atoms with van der Waals surface area (Å²) in [6.07, 6.45) is 0.745. The van der Waals surface area contributed by atoms with Crippen molar-refractivity contribution in [2.45, 2.75) is 37.8 Å². The Labute approximate surface area is 153 Å². The van der Waals surface area contributed by atoms with Crippen LogP contribution in [0.3, 0.4) is 0 Å². The lowest BCUT2D eigenvalue weighted by Gasteiger charge is -2.23. The smallest absolute Gasteiger partial charge is 0.243 e. The monoisotopic (exact) mass is 378 g/mol. The molecule has 0 fully saturated rings. The maximum Gasteiger partial charge on any atom is 0.243 e. The quantitative estimate of drug-likeness (QED) is 0.768. The predicted octanol–water partition coefficient (Wildman–Crippen LogP) is 2.93. The van der Waals surface area contributed by atoms with Crippen molar-refractivity contribution in [3.63, 3.8) is 0 Å². The van der Waals surface area contributed by atoms with Crippen LogP contribution in [0.2, 0.25) is 0 Å². The van der Waals surface area contributed by atoms with E-state index in [1.54, 1.807) is 24.3 Å². The molecule has 2 aromatic rings. The van der Waals surface area contributed by atoms with Crippen LogP contribution in [0.4, 0.5) is 4.39 Å². The fraction of sp³-hybridized carbons (Fsp3) is 0.316. The highest BCUT2D eigenvalue weighted by atomic mass is 32.2. The highest BCUT2D eigenvalue weighted by Gasteiger charge is 2.27. The molecule has 0 saturated carbocycles. The molecule has 0 aromatic heterocycles. The van der Waals surface area contributed by atoms with E-state index in [1.165, 1.54) is 12.1 Å². The summed E-state index contributed by atoms with van der Waals surface area (Å²) in [4.78, 5) is 12.2. The molecule has 1 amide bonds. The highest BCUT2D eigenvalue weighted by molar-refractivity contribution is 7.89. The summed E-state index contributed by atoms with van der Waals surface area (Å²) in [5.74, 6) is -0.894. The molecule has 1 atom stereocenters. The zero-order valence-corrected chi connectivity index (χ0v) is 15.7. The SMILES string of the molecule is CC[C@H](C)NC(=O)CN(Cc1ccccc1)S(=O)(=O)c1ccc(F)cc1. The Balaban J connectivity index is 2.29. The number of nitrogens with zero attached hydrogens (tertiary/aromatic N) is 1. The van der Waals surface area contributed by atoms with Crippen LogP contribution in [0.5, 0.6) is 0 Å². The van der Waals surface area contributed by atoms with Gasteiger partial charge in [0.2, 0.25) is 15.9 Å². The number of rotatable bonds is 8. The zero-order chi connectivity index (χ0) is 19.2. The van der Waals surface area contributed by atoms with Gasteiger partial charge >= 0.3 is 0 Å². The van der Waals surface area contributed by atoms with E-state index in [2.05, 4.69) is 5.32 Å². The molecule has 7 heteroatoms. The van der Waals surface area contributed by atoms with Crippen molar-refractivity contribution in [1.29, 1.82) is 0 Å². The molecule has 0 aliphatic rings. The van der Waals surface area contributed by atoms with Gasteiger partial charge in [-0.3, -0.25) is 4.79 Å². The standard InChI is InChI=1S/C19H23FN2O3S/c1-3-15(2)21-19(23)14-22(13-16-7-5-4-6-8-16)26(24,25)18-11-9-17(20)10-12-18/h4-12,15H,3,13-14H2,1-2H3,(H,21,23)/t15-/m0/s1. The normalized spacial score (nSPS) is 12.8. The van der Waals surface area contributed by atoms with Crippen molar-refractivity contribution in [3.05, 3.63) is 66.0 Å². The summed E-state index contributed by atoms with van der Waals surface area (Å²) in [7, 11) is -3.95. The van der Waals surface area contributed by atoms with Crippen LogP contribution in [-0.4, -0.2) is 31.2 Å². The Morgan fingerprint density at radius 3 is 2.31 bits per heavy atom. The number of amides is 1. The molecule has 0 aliphatic heterocycles. The number of nitrogens with one attached hydrogen (secondary N) is 1. The van der Waals surface area contributed by atoms with Gasteiger partial charge in [-0.25, -0.2) is 12.8 Å². The van der Waals surface area contributed by atoms with Crippen molar-refractivity contribution < 1.29 is 17.6 Å². The first-order chi connectivity index (χ1) is 12.3. The van der Waals surface area contributed by atoms with Crippen LogP contribution in [0.1, 0.15) is 25.8 Å². The second-order valence-electron chi connectivity index (χ2n) is 6.09. The van der Waals surface area contributed by atoms with Gasteiger partial charge in [0.25, 0.3) is 0 Å². The molecular formula is C19H23FN2O3S. The van der Waals surface area contributed by atoms with Crippen LogP contribution in [-0.2, 0) is 21.4 Å². The van der Waals surface area contributed by atoms with Crippen molar-refractivity contribution >= 4 is 15.9 Å².